The summed E-state index contributed by atoms with van der Waals surface area (Å²) in [6.45, 7) is 10.6. The molecule has 0 N–H and O–H groups in total. The van der Waals surface area contributed by atoms with Crippen LogP contribution < -0.4 is 0 Å². The van der Waals surface area contributed by atoms with Crippen LogP contribution in [0, 0.1) is 0 Å². The molecule has 0 spiro atoms. The summed E-state index contributed by atoms with van der Waals surface area (Å²) in [6, 6.07) is 0. The Morgan fingerprint density at radius 3 is 2.11 bits per heavy atom. The van der Waals surface area contributed by atoms with Crippen LogP contribution in [-0.4, -0.2) is 29.1 Å². The van der Waals surface area contributed by atoms with E-state index in [4.69, 9.17) is 9.57 Å². The minimum absolute atomic E-state index is 0.127. The van der Waals surface area contributed by atoms with E-state index in [-0.39, 0.29) is 11.6 Å². The second-order valence-corrected chi connectivity index (χ2v) is 4.73. The van der Waals surface area contributed by atoms with E-state index >= 15 is 0 Å². The highest BCUT2D eigenvalue weighted by Gasteiger charge is 2.26. The van der Waals surface area contributed by atoms with Gasteiger partial charge in [-0.05, 0) is 34.1 Å². The molecule has 0 aliphatic heterocycles. The average Bonchev–Trinajstić information content (AvgIpc) is 2.20. The lowest BCUT2D eigenvalue weighted by Crippen LogP contribution is -2.35. The van der Waals surface area contributed by atoms with Crippen LogP contribution in [-0.2, 0) is 19.2 Å². The van der Waals surface area contributed by atoms with Crippen molar-refractivity contribution >= 4 is 11.9 Å². The zero-order chi connectivity index (χ0) is 14.3. The van der Waals surface area contributed by atoms with Crippen LogP contribution in [0.1, 0.15) is 48.0 Å². The number of hydroxylamine groups is 2. The minimum Gasteiger partial charge on any atom is -0.455 e. The number of rotatable bonds is 5. The van der Waals surface area contributed by atoms with Gasteiger partial charge in [-0.1, -0.05) is 13.0 Å². The molecule has 0 atom stereocenters. The highest BCUT2D eigenvalue weighted by atomic mass is 16.7. The zero-order valence-electron chi connectivity index (χ0n) is 12.1. The predicted molar refractivity (Wildman–Crippen MR) is 68.4 cm³/mol. The van der Waals surface area contributed by atoms with Crippen molar-refractivity contribution in [2.24, 2.45) is 0 Å². The van der Waals surface area contributed by atoms with Gasteiger partial charge in [0.2, 0.25) is 5.91 Å². The van der Waals surface area contributed by atoms with E-state index in [9.17, 15) is 9.59 Å². The summed E-state index contributed by atoms with van der Waals surface area (Å²) in [4.78, 5) is 28.6. The minimum atomic E-state index is -0.613. The summed E-state index contributed by atoms with van der Waals surface area (Å²) in [6.07, 6.45) is 2.22. The summed E-state index contributed by atoms with van der Waals surface area (Å²) in [5.74, 6) is -0.921. The molecule has 0 unspecified atom stereocenters. The third-order valence-electron chi connectivity index (χ3n) is 1.77. The lowest BCUT2D eigenvalue weighted by molar-refractivity contribution is -0.181. The number of hydrogen-bond acceptors (Lipinski definition) is 4. The molecular weight excluding hydrogens is 234 g/mol. The first kappa shape index (κ1) is 16.6. The second-order valence-electron chi connectivity index (χ2n) is 4.73. The molecular formula is C13H23NO4. The van der Waals surface area contributed by atoms with Crippen LogP contribution in [0.4, 0.5) is 0 Å². The molecule has 0 saturated carbocycles. The van der Waals surface area contributed by atoms with E-state index in [1.54, 1.807) is 33.8 Å². The Morgan fingerprint density at radius 1 is 1.22 bits per heavy atom. The first-order chi connectivity index (χ1) is 8.22. The van der Waals surface area contributed by atoms with E-state index in [1.807, 2.05) is 6.92 Å². The van der Waals surface area contributed by atoms with Crippen LogP contribution in [0.2, 0.25) is 0 Å². The molecule has 0 aromatic rings. The van der Waals surface area contributed by atoms with E-state index in [2.05, 4.69) is 0 Å². The number of carbonyl (C=O) groups is 2. The number of nitrogens with zero attached hydrogens (tertiary/aromatic N) is 1. The summed E-state index contributed by atoms with van der Waals surface area (Å²) in [7, 11) is 0. The van der Waals surface area contributed by atoms with Gasteiger partial charge in [-0.3, -0.25) is 9.63 Å². The lowest BCUT2D eigenvalue weighted by atomic mass is 10.2. The van der Waals surface area contributed by atoms with Gasteiger partial charge in [-0.2, -0.15) is 5.06 Å². The van der Waals surface area contributed by atoms with Crippen LogP contribution in [0.3, 0.4) is 0 Å². The quantitative estimate of drug-likeness (QED) is 0.431. The van der Waals surface area contributed by atoms with Gasteiger partial charge in [0.15, 0.2) is 5.70 Å². The molecule has 0 aliphatic carbocycles. The molecule has 104 valence electrons. The van der Waals surface area contributed by atoms with E-state index < -0.39 is 11.6 Å². The molecule has 0 bridgehead atoms. The predicted octanol–water partition coefficient (Wildman–Crippen LogP) is 2.42. The number of allylic oxidation sites excluding steroid dienone is 1. The standard InChI is InChI=1S/C13H23NO4/c1-7-9-11(12(16)18-13(4,5)6)14(10(3)15)17-8-2/h9H,7-8H2,1-6H3/b11-9-. The fraction of sp³-hybridized carbons (Fsp3) is 0.692. The van der Waals surface area contributed by atoms with Crippen LogP contribution >= 0.6 is 0 Å². The molecule has 1 amide bonds. The molecule has 0 aromatic heterocycles. The molecule has 0 rings (SSSR count). The zero-order valence-corrected chi connectivity index (χ0v) is 12.1. The van der Waals surface area contributed by atoms with Gasteiger partial charge in [-0.15, -0.1) is 0 Å². The maximum atomic E-state index is 12.0. The molecule has 5 heteroatoms. The van der Waals surface area contributed by atoms with E-state index in [1.165, 1.54) is 6.92 Å². The molecule has 0 aliphatic rings. The Balaban J connectivity index is 5.11. The van der Waals surface area contributed by atoms with Crippen LogP contribution in [0.5, 0.6) is 0 Å². The van der Waals surface area contributed by atoms with Crippen molar-refractivity contribution < 1.29 is 19.2 Å². The number of hydrogen-bond donors (Lipinski definition) is 0. The van der Waals surface area contributed by atoms with Crippen molar-refractivity contribution in [2.75, 3.05) is 6.61 Å². The van der Waals surface area contributed by atoms with Crippen molar-refractivity contribution in [3.8, 4) is 0 Å². The van der Waals surface area contributed by atoms with Gasteiger partial charge in [0.25, 0.3) is 0 Å². The third kappa shape index (κ3) is 5.82. The second kappa shape index (κ2) is 7.16. The first-order valence-corrected chi connectivity index (χ1v) is 6.10. The van der Waals surface area contributed by atoms with Gasteiger partial charge >= 0.3 is 5.97 Å². The number of carbonyl (C=O) groups excluding carboxylic acids is 2. The number of ether oxygens (including phenoxy) is 1. The van der Waals surface area contributed by atoms with Crippen LogP contribution in [0.15, 0.2) is 11.8 Å². The lowest BCUT2D eigenvalue weighted by Gasteiger charge is -2.25. The van der Waals surface area contributed by atoms with Gasteiger partial charge in [0.05, 0.1) is 6.61 Å². The van der Waals surface area contributed by atoms with Gasteiger partial charge in [0.1, 0.15) is 5.60 Å². The van der Waals surface area contributed by atoms with Crippen molar-refractivity contribution in [3.63, 3.8) is 0 Å². The summed E-state index contributed by atoms with van der Waals surface area (Å²) in [5, 5.41) is 0.984. The molecule has 0 saturated heterocycles. The maximum Gasteiger partial charge on any atom is 0.357 e. The van der Waals surface area contributed by atoms with Crippen molar-refractivity contribution in [1.29, 1.82) is 0 Å². The molecule has 5 nitrogen and oxygen atoms in total. The monoisotopic (exact) mass is 257 g/mol. The van der Waals surface area contributed by atoms with Crippen molar-refractivity contribution in [1.82, 2.24) is 5.06 Å². The van der Waals surface area contributed by atoms with E-state index in [0.717, 1.165) is 5.06 Å². The maximum absolute atomic E-state index is 12.0. The summed E-state index contributed by atoms with van der Waals surface area (Å²) < 4.78 is 5.25. The van der Waals surface area contributed by atoms with Gasteiger partial charge in [-0.25, -0.2) is 4.79 Å². The molecule has 0 heterocycles. The van der Waals surface area contributed by atoms with Crippen molar-refractivity contribution in [2.45, 2.75) is 53.6 Å². The highest BCUT2D eigenvalue weighted by Crippen LogP contribution is 2.15. The third-order valence-corrected chi connectivity index (χ3v) is 1.77. The van der Waals surface area contributed by atoms with E-state index in [0.29, 0.717) is 13.0 Å². The Morgan fingerprint density at radius 2 is 1.78 bits per heavy atom. The Bertz CT molecular complexity index is 328. The fourth-order valence-electron chi connectivity index (χ4n) is 1.23. The molecule has 0 aromatic carbocycles. The van der Waals surface area contributed by atoms with Gasteiger partial charge < -0.3 is 4.74 Å². The first-order valence-electron chi connectivity index (χ1n) is 6.10. The normalized spacial score (nSPS) is 12.2. The highest BCUT2D eigenvalue weighted by molar-refractivity contribution is 5.92. The SMILES string of the molecule is CC/C=C(/C(=O)OC(C)(C)C)N(OCC)C(C)=O. The van der Waals surface area contributed by atoms with Crippen molar-refractivity contribution in [3.05, 3.63) is 11.8 Å². The number of amides is 1. The summed E-state index contributed by atoms with van der Waals surface area (Å²) in [5.41, 5.74) is -0.486. The largest absolute Gasteiger partial charge is 0.455 e. The van der Waals surface area contributed by atoms with Crippen LogP contribution in [0.25, 0.3) is 0 Å². The summed E-state index contributed by atoms with van der Waals surface area (Å²) >= 11 is 0. The average molecular weight is 257 g/mol. The topological polar surface area (TPSA) is 55.8 Å². The Hall–Kier alpha value is -1.36. The molecule has 0 fully saturated rings. The fourth-order valence-corrected chi connectivity index (χ4v) is 1.23. The Kier molecular flexibility index (Phi) is 6.62. The molecule has 0 radical (unpaired) electrons. The molecule has 18 heavy (non-hydrogen) atoms. The number of esters is 1. The van der Waals surface area contributed by atoms with Gasteiger partial charge in [0, 0.05) is 6.92 Å². The smallest absolute Gasteiger partial charge is 0.357 e. The Labute approximate surface area is 109 Å².